The van der Waals surface area contributed by atoms with Gasteiger partial charge >= 0.3 is 0 Å². The molecule has 0 aliphatic carbocycles. The van der Waals surface area contributed by atoms with E-state index in [-0.39, 0.29) is 24.7 Å². The van der Waals surface area contributed by atoms with Gasteiger partial charge in [-0.05, 0) is 13.8 Å². The zero-order valence-corrected chi connectivity index (χ0v) is 9.82. The highest BCUT2D eigenvalue weighted by molar-refractivity contribution is 7.89. The molecular weight excluding hydrogens is 230 g/mol. The predicted molar refractivity (Wildman–Crippen MR) is 52.9 cm³/mol. The molecule has 86 valence electrons. The minimum Gasteiger partial charge on any atom is -0.269 e. The smallest absolute Gasteiger partial charge is 0.267 e. The van der Waals surface area contributed by atoms with E-state index in [1.165, 1.54) is 13.8 Å². The van der Waals surface area contributed by atoms with E-state index in [9.17, 15) is 16.8 Å². The third-order valence-corrected chi connectivity index (χ3v) is 4.06. The lowest BCUT2D eigenvalue weighted by Gasteiger charge is -2.04. The van der Waals surface area contributed by atoms with Crippen LogP contribution in [0.5, 0.6) is 0 Å². The standard InChI is InChI=1S/C6H15NO5S2/c1-3-13(8,9)7-5-6-12-14(10,11)4-2/h7H,3-6H2,1-2H3. The topological polar surface area (TPSA) is 89.5 Å². The fraction of sp³-hybridized carbons (Fsp3) is 1.00. The van der Waals surface area contributed by atoms with Gasteiger partial charge in [0.25, 0.3) is 10.1 Å². The number of rotatable bonds is 7. The minimum absolute atomic E-state index is 0.0323. The summed E-state index contributed by atoms with van der Waals surface area (Å²) in [5, 5.41) is 0. The minimum atomic E-state index is -3.48. The second-order valence-corrected chi connectivity index (χ2v) is 6.49. The van der Waals surface area contributed by atoms with Crippen LogP contribution in [0.15, 0.2) is 0 Å². The molecule has 0 fully saturated rings. The van der Waals surface area contributed by atoms with Gasteiger partial charge in [0, 0.05) is 6.54 Å². The quantitative estimate of drug-likeness (QED) is 0.473. The summed E-state index contributed by atoms with van der Waals surface area (Å²) < 4.78 is 50.0. The molecule has 0 aromatic heterocycles. The van der Waals surface area contributed by atoms with E-state index in [1.807, 2.05) is 0 Å². The van der Waals surface area contributed by atoms with E-state index in [4.69, 9.17) is 0 Å². The zero-order valence-electron chi connectivity index (χ0n) is 8.19. The van der Waals surface area contributed by atoms with Crippen LogP contribution in [0.4, 0.5) is 0 Å². The highest BCUT2D eigenvalue weighted by atomic mass is 32.2. The first-order chi connectivity index (χ1) is 6.33. The SMILES string of the molecule is CCS(=O)(=O)NCCOS(=O)(=O)CC. The highest BCUT2D eigenvalue weighted by Gasteiger charge is 2.09. The molecular formula is C6H15NO5S2. The number of nitrogens with one attached hydrogen (secondary N) is 1. The van der Waals surface area contributed by atoms with Gasteiger partial charge in [-0.2, -0.15) is 8.42 Å². The van der Waals surface area contributed by atoms with Crippen LogP contribution in [0.2, 0.25) is 0 Å². The van der Waals surface area contributed by atoms with Gasteiger partial charge in [0.05, 0.1) is 18.1 Å². The summed E-state index contributed by atoms with van der Waals surface area (Å²) in [5.41, 5.74) is 0. The van der Waals surface area contributed by atoms with E-state index >= 15 is 0 Å². The molecule has 0 aromatic rings. The van der Waals surface area contributed by atoms with Crippen molar-refractivity contribution in [2.45, 2.75) is 13.8 Å². The molecule has 0 radical (unpaired) electrons. The predicted octanol–water partition coefficient (Wildman–Crippen LogP) is -0.708. The lowest BCUT2D eigenvalue weighted by Crippen LogP contribution is -2.29. The Kier molecular flexibility index (Phi) is 5.57. The van der Waals surface area contributed by atoms with E-state index in [0.29, 0.717) is 0 Å². The summed E-state index contributed by atoms with van der Waals surface area (Å²) in [6, 6.07) is 0. The highest BCUT2D eigenvalue weighted by Crippen LogP contribution is 1.91. The van der Waals surface area contributed by atoms with Crippen molar-refractivity contribution in [3.63, 3.8) is 0 Å². The van der Waals surface area contributed by atoms with Crippen LogP contribution in [0.3, 0.4) is 0 Å². The van der Waals surface area contributed by atoms with Gasteiger partial charge in [-0.3, -0.25) is 4.18 Å². The van der Waals surface area contributed by atoms with Crippen LogP contribution in [0, 0.1) is 0 Å². The van der Waals surface area contributed by atoms with Gasteiger partial charge in [-0.1, -0.05) is 0 Å². The Labute approximate surface area is 84.8 Å². The number of sulfonamides is 1. The summed E-state index contributed by atoms with van der Waals surface area (Å²) in [5.74, 6) is -0.152. The Morgan fingerprint density at radius 1 is 1.07 bits per heavy atom. The Bertz CT molecular complexity index is 308. The van der Waals surface area contributed by atoms with Crippen molar-refractivity contribution in [3.8, 4) is 0 Å². The maximum Gasteiger partial charge on any atom is 0.267 e. The van der Waals surface area contributed by atoms with Gasteiger partial charge in [-0.15, -0.1) is 0 Å². The number of hydrogen-bond donors (Lipinski definition) is 1. The second-order valence-electron chi connectivity index (χ2n) is 2.47. The molecule has 14 heavy (non-hydrogen) atoms. The third-order valence-electron chi connectivity index (χ3n) is 1.42. The molecule has 6 nitrogen and oxygen atoms in total. The lowest BCUT2D eigenvalue weighted by atomic mass is 10.8. The molecule has 0 heterocycles. The van der Waals surface area contributed by atoms with Gasteiger partial charge in [-0.25, -0.2) is 13.1 Å². The third kappa shape index (κ3) is 6.30. The van der Waals surface area contributed by atoms with E-state index in [1.54, 1.807) is 0 Å². The van der Waals surface area contributed by atoms with Crippen LogP contribution in [0.1, 0.15) is 13.8 Å². The van der Waals surface area contributed by atoms with Crippen molar-refractivity contribution in [2.75, 3.05) is 24.7 Å². The molecule has 0 saturated carbocycles. The Morgan fingerprint density at radius 3 is 2.07 bits per heavy atom. The van der Waals surface area contributed by atoms with Crippen molar-refractivity contribution in [1.82, 2.24) is 4.72 Å². The molecule has 0 aliphatic rings. The molecule has 0 saturated heterocycles. The summed E-state index contributed by atoms with van der Waals surface area (Å²) in [6.45, 7) is 2.74. The molecule has 0 rings (SSSR count). The van der Waals surface area contributed by atoms with E-state index in [2.05, 4.69) is 8.91 Å². The summed E-state index contributed by atoms with van der Waals surface area (Å²) in [6.07, 6.45) is 0. The maximum atomic E-state index is 10.9. The van der Waals surface area contributed by atoms with Crippen molar-refractivity contribution in [3.05, 3.63) is 0 Å². The van der Waals surface area contributed by atoms with Crippen LogP contribution < -0.4 is 4.72 Å². The van der Waals surface area contributed by atoms with Gasteiger partial charge in [0.15, 0.2) is 0 Å². The van der Waals surface area contributed by atoms with Gasteiger partial charge in [0.2, 0.25) is 10.0 Å². The monoisotopic (exact) mass is 245 g/mol. The summed E-state index contributed by atoms with van der Waals surface area (Å²) in [7, 11) is -6.75. The van der Waals surface area contributed by atoms with Crippen molar-refractivity contribution in [1.29, 1.82) is 0 Å². The Balaban J connectivity index is 3.79. The average Bonchev–Trinajstić information content (AvgIpc) is 2.13. The first-order valence-corrected chi connectivity index (χ1v) is 7.40. The first-order valence-electron chi connectivity index (χ1n) is 4.17. The Hall–Kier alpha value is -0.180. The van der Waals surface area contributed by atoms with Gasteiger partial charge < -0.3 is 0 Å². The summed E-state index contributed by atoms with van der Waals surface area (Å²) >= 11 is 0. The maximum absolute atomic E-state index is 10.9. The van der Waals surface area contributed by atoms with Crippen LogP contribution in [0.25, 0.3) is 0 Å². The fourth-order valence-corrected chi connectivity index (χ4v) is 1.65. The van der Waals surface area contributed by atoms with E-state index < -0.39 is 20.1 Å². The second kappa shape index (κ2) is 5.64. The molecule has 0 aromatic carbocycles. The molecule has 1 N–H and O–H groups in total. The number of hydrogen-bond acceptors (Lipinski definition) is 5. The molecule has 0 atom stereocenters. The molecule has 0 amide bonds. The first kappa shape index (κ1) is 13.8. The summed E-state index contributed by atoms with van der Waals surface area (Å²) in [4.78, 5) is 0. The van der Waals surface area contributed by atoms with Crippen LogP contribution in [-0.4, -0.2) is 41.5 Å². The normalized spacial score (nSPS) is 13.0. The molecule has 8 heteroatoms. The molecule has 0 unspecified atom stereocenters. The Morgan fingerprint density at radius 2 is 1.64 bits per heavy atom. The van der Waals surface area contributed by atoms with Gasteiger partial charge in [0.1, 0.15) is 0 Å². The molecule has 0 bridgehead atoms. The average molecular weight is 245 g/mol. The van der Waals surface area contributed by atoms with E-state index in [0.717, 1.165) is 0 Å². The largest absolute Gasteiger partial charge is 0.269 e. The zero-order chi connectivity index (χ0) is 11.2. The van der Waals surface area contributed by atoms with Crippen LogP contribution in [-0.2, 0) is 24.3 Å². The molecule has 0 aliphatic heterocycles. The van der Waals surface area contributed by atoms with Crippen LogP contribution >= 0.6 is 0 Å². The lowest BCUT2D eigenvalue weighted by molar-refractivity contribution is 0.323. The van der Waals surface area contributed by atoms with Crippen molar-refractivity contribution < 1.29 is 21.0 Å². The van der Waals surface area contributed by atoms with Crippen molar-refractivity contribution in [2.24, 2.45) is 0 Å². The van der Waals surface area contributed by atoms with Crippen molar-refractivity contribution >= 4 is 20.1 Å². The fourth-order valence-electron chi connectivity index (χ4n) is 0.551. The molecule has 0 spiro atoms.